The standard InChI is InChI=1S/C20H26.2CH3.2ClH.Zr/c1-3-7-19-15(5-1)9-11-17(19)13-14-18-12-10-16-6-2-4-8-20(16)18;;;;;/h1-8,15-20H,9-14H2;2*1H3;2*1H;/q;2*-1;;;+4/p-2. The van der Waals surface area contributed by atoms with E-state index in [1.54, 1.807) is 0 Å². The molecule has 4 aliphatic carbocycles. The summed E-state index contributed by atoms with van der Waals surface area (Å²) < 4.78 is 0. The van der Waals surface area contributed by atoms with Crippen molar-refractivity contribution in [1.82, 2.24) is 0 Å². The predicted molar refractivity (Wildman–Crippen MR) is 110 cm³/mol. The van der Waals surface area contributed by atoms with Crippen molar-refractivity contribution < 1.29 is 20.8 Å². The third-order valence-electron chi connectivity index (χ3n) is 6.33. The maximum absolute atomic E-state index is 4.93. The summed E-state index contributed by atoms with van der Waals surface area (Å²) in [6.45, 7) is 0. The summed E-state index contributed by atoms with van der Waals surface area (Å²) in [6.07, 6.45) is 27.6. The van der Waals surface area contributed by atoms with Crippen LogP contribution in [0.2, 0.25) is 0 Å². The van der Waals surface area contributed by atoms with E-state index in [-0.39, 0.29) is 14.9 Å². The number of halogens is 2. The van der Waals surface area contributed by atoms with E-state index in [4.69, 9.17) is 17.0 Å². The Morgan fingerprint density at radius 3 is 1.40 bits per heavy atom. The molecule has 0 spiro atoms. The van der Waals surface area contributed by atoms with Gasteiger partial charge in [-0.2, -0.15) is 0 Å². The zero-order valence-corrected chi connectivity index (χ0v) is 19.6. The maximum atomic E-state index is 4.93. The molecule has 4 rings (SSSR count). The second-order valence-corrected chi connectivity index (χ2v) is 11.1. The molecule has 0 amide bonds. The average molecular weight is 459 g/mol. The van der Waals surface area contributed by atoms with E-state index >= 15 is 0 Å². The third kappa shape index (κ3) is 5.95. The summed E-state index contributed by atoms with van der Waals surface area (Å²) in [4.78, 5) is 0. The van der Waals surface area contributed by atoms with Gasteiger partial charge in [0.15, 0.2) is 0 Å². The molecule has 0 nitrogen and oxygen atoms in total. The Hall–Kier alpha value is 0.423. The van der Waals surface area contributed by atoms with E-state index in [1.807, 2.05) is 0 Å². The van der Waals surface area contributed by atoms with Gasteiger partial charge in [0.1, 0.15) is 0 Å². The molecule has 0 saturated heterocycles. The minimum absolute atomic E-state index is 0. The van der Waals surface area contributed by atoms with Crippen LogP contribution in [0.3, 0.4) is 0 Å². The summed E-state index contributed by atoms with van der Waals surface area (Å²) >= 11 is -0.826. The average Bonchev–Trinajstić information content (AvgIpc) is 3.18. The molecule has 2 fully saturated rings. The first-order valence-corrected chi connectivity index (χ1v) is 15.3. The van der Waals surface area contributed by atoms with E-state index in [0.29, 0.717) is 0 Å². The predicted octanol–water partition coefficient (Wildman–Crippen LogP) is 7.58. The van der Waals surface area contributed by atoms with E-state index in [9.17, 15) is 0 Å². The Morgan fingerprint density at radius 2 is 1.00 bits per heavy atom. The minimum atomic E-state index is -0.826. The van der Waals surface area contributed by atoms with Crippen molar-refractivity contribution in [3.8, 4) is 0 Å². The van der Waals surface area contributed by atoms with Crippen LogP contribution in [0.1, 0.15) is 38.5 Å². The molecular formula is C22H32Cl2Zr. The molecule has 0 heterocycles. The first-order valence-electron chi connectivity index (χ1n) is 8.99. The summed E-state index contributed by atoms with van der Waals surface area (Å²) in [5.41, 5.74) is 0. The number of allylic oxidation sites excluding steroid dienone is 8. The van der Waals surface area contributed by atoms with E-state index in [1.165, 1.54) is 38.5 Å². The zero-order valence-electron chi connectivity index (χ0n) is 15.6. The van der Waals surface area contributed by atoms with Crippen LogP contribution < -0.4 is 0 Å². The fourth-order valence-electron chi connectivity index (χ4n) is 5.23. The number of fused-ring (bicyclic) bond motifs is 2. The van der Waals surface area contributed by atoms with Gasteiger partial charge in [-0.25, -0.2) is 0 Å². The van der Waals surface area contributed by atoms with Crippen molar-refractivity contribution in [3.05, 3.63) is 63.5 Å². The molecule has 0 bridgehead atoms. The summed E-state index contributed by atoms with van der Waals surface area (Å²) in [5, 5.41) is 0. The molecule has 6 atom stereocenters. The molecule has 0 aromatic carbocycles. The van der Waals surface area contributed by atoms with Gasteiger partial charge in [0.2, 0.25) is 0 Å². The Bertz CT molecular complexity index is 450. The first-order chi connectivity index (χ1) is 11.3. The summed E-state index contributed by atoms with van der Waals surface area (Å²) in [6, 6.07) is 0. The van der Waals surface area contributed by atoms with Crippen molar-refractivity contribution in [2.24, 2.45) is 35.5 Å². The Balaban J connectivity index is 0.000000586. The molecule has 0 N–H and O–H groups in total. The van der Waals surface area contributed by atoms with Gasteiger partial charge in [0.05, 0.1) is 0 Å². The van der Waals surface area contributed by atoms with Gasteiger partial charge in [0, 0.05) is 0 Å². The van der Waals surface area contributed by atoms with Crippen LogP contribution in [0, 0.1) is 50.4 Å². The van der Waals surface area contributed by atoms with Crippen LogP contribution in [0.25, 0.3) is 0 Å². The molecule has 0 radical (unpaired) electrons. The van der Waals surface area contributed by atoms with Crippen molar-refractivity contribution >= 4 is 17.0 Å². The van der Waals surface area contributed by atoms with E-state index < -0.39 is 20.8 Å². The molecule has 0 aromatic rings. The SMILES string of the molecule is C1=CC2CCC(CCC3CCC4C=CC=CC43)C2C=C1.[CH3-].[CH3-].[Cl][Zr+2][Cl]. The molecule has 0 aromatic heterocycles. The number of hydrogen-bond donors (Lipinski definition) is 0. The summed E-state index contributed by atoms with van der Waals surface area (Å²) in [7, 11) is 9.87. The normalized spacial score (nSPS) is 36.2. The van der Waals surface area contributed by atoms with Crippen LogP contribution >= 0.6 is 17.0 Å². The number of rotatable bonds is 3. The molecule has 0 aliphatic heterocycles. The summed E-state index contributed by atoms with van der Waals surface area (Å²) in [5.74, 6) is 5.36. The van der Waals surface area contributed by atoms with Crippen LogP contribution in [0.15, 0.2) is 48.6 Å². The molecule has 4 aliphatic rings. The van der Waals surface area contributed by atoms with Gasteiger partial charge in [-0.1, -0.05) is 48.6 Å². The van der Waals surface area contributed by atoms with Crippen molar-refractivity contribution in [2.75, 3.05) is 0 Å². The molecule has 3 heteroatoms. The van der Waals surface area contributed by atoms with Crippen molar-refractivity contribution in [2.45, 2.75) is 38.5 Å². The van der Waals surface area contributed by atoms with Gasteiger partial charge < -0.3 is 14.9 Å². The van der Waals surface area contributed by atoms with Gasteiger partial charge in [0.25, 0.3) is 0 Å². The molecule has 25 heavy (non-hydrogen) atoms. The molecular weight excluding hydrogens is 426 g/mol. The molecule has 2 saturated carbocycles. The van der Waals surface area contributed by atoms with Gasteiger partial charge in [-0.3, -0.25) is 0 Å². The quantitative estimate of drug-likeness (QED) is 0.382. The first kappa shape index (κ1) is 23.5. The van der Waals surface area contributed by atoms with Gasteiger partial charge in [-0.15, -0.1) is 0 Å². The van der Waals surface area contributed by atoms with Gasteiger partial charge >= 0.3 is 37.9 Å². The molecule has 6 unspecified atom stereocenters. The fourth-order valence-corrected chi connectivity index (χ4v) is 5.23. The molecule has 138 valence electrons. The number of hydrogen-bond acceptors (Lipinski definition) is 0. The zero-order chi connectivity index (χ0) is 16.1. The van der Waals surface area contributed by atoms with E-state index in [2.05, 4.69) is 48.6 Å². The monoisotopic (exact) mass is 456 g/mol. The topological polar surface area (TPSA) is 0 Å². The second-order valence-electron chi connectivity index (χ2n) is 7.35. The van der Waals surface area contributed by atoms with Crippen molar-refractivity contribution in [3.63, 3.8) is 0 Å². The van der Waals surface area contributed by atoms with Gasteiger partial charge in [-0.05, 0) is 74.0 Å². The van der Waals surface area contributed by atoms with Crippen LogP contribution in [-0.2, 0) is 20.8 Å². The Labute approximate surface area is 174 Å². The Kier molecular flexibility index (Phi) is 11.3. The van der Waals surface area contributed by atoms with Crippen LogP contribution in [0.5, 0.6) is 0 Å². The third-order valence-corrected chi connectivity index (χ3v) is 6.33. The fraction of sp³-hybridized carbons (Fsp3) is 0.545. The van der Waals surface area contributed by atoms with Crippen LogP contribution in [0.4, 0.5) is 0 Å². The van der Waals surface area contributed by atoms with E-state index in [0.717, 1.165) is 35.5 Å². The van der Waals surface area contributed by atoms with Crippen molar-refractivity contribution in [1.29, 1.82) is 0 Å². The second kappa shape index (κ2) is 12.0. The van der Waals surface area contributed by atoms with Crippen LogP contribution in [-0.4, -0.2) is 0 Å². The Morgan fingerprint density at radius 1 is 0.640 bits per heavy atom.